The van der Waals surface area contributed by atoms with Gasteiger partial charge >= 0.3 is 6.03 Å². The van der Waals surface area contributed by atoms with Crippen molar-refractivity contribution in [2.45, 2.75) is 12.1 Å². The van der Waals surface area contributed by atoms with E-state index in [4.69, 9.17) is 16.3 Å². The average molecular weight is 322 g/mol. The Morgan fingerprint density at radius 1 is 1.27 bits per heavy atom. The van der Waals surface area contributed by atoms with Crippen LogP contribution >= 0.6 is 11.6 Å². The fraction of sp³-hybridized carbons (Fsp3) is 0.562. The Balaban J connectivity index is 1.36. The number of carbonyl (C=O) groups is 1. The van der Waals surface area contributed by atoms with Crippen LogP contribution in [0.1, 0.15) is 11.7 Å². The number of nitrogens with one attached hydrogen (secondary N) is 2. The second-order valence-electron chi connectivity index (χ2n) is 6.32. The van der Waals surface area contributed by atoms with Crippen molar-refractivity contribution in [2.24, 2.45) is 11.8 Å². The molecule has 3 fully saturated rings. The molecule has 2 saturated heterocycles. The highest BCUT2D eigenvalue weighted by molar-refractivity contribution is 6.30. The molecule has 0 spiro atoms. The number of fused-ring (bicyclic) bond motifs is 1. The van der Waals surface area contributed by atoms with E-state index in [0.717, 1.165) is 18.7 Å². The van der Waals surface area contributed by atoms with Gasteiger partial charge in [-0.15, -0.1) is 0 Å². The van der Waals surface area contributed by atoms with Crippen LogP contribution in [0, 0.1) is 11.8 Å². The van der Waals surface area contributed by atoms with Gasteiger partial charge in [0.05, 0.1) is 13.2 Å². The zero-order chi connectivity index (χ0) is 15.1. The average Bonchev–Trinajstić information content (AvgIpc) is 2.97. The minimum atomic E-state index is -0.0721. The van der Waals surface area contributed by atoms with Crippen LogP contribution in [0.3, 0.4) is 0 Å². The molecule has 2 amide bonds. The highest BCUT2D eigenvalue weighted by atomic mass is 35.5. The molecule has 5 nitrogen and oxygen atoms in total. The third-order valence-electron chi connectivity index (χ3n) is 4.98. The molecule has 2 aliphatic heterocycles. The number of urea groups is 1. The van der Waals surface area contributed by atoms with Gasteiger partial charge < -0.3 is 20.3 Å². The van der Waals surface area contributed by atoms with Crippen LogP contribution < -0.4 is 10.6 Å². The van der Waals surface area contributed by atoms with Crippen molar-refractivity contribution in [3.63, 3.8) is 0 Å². The summed E-state index contributed by atoms with van der Waals surface area (Å²) < 4.78 is 5.80. The zero-order valence-corrected chi connectivity index (χ0v) is 13.1. The first-order valence-electron chi connectivity index (χ1n) is 7.85. The minimum absolute atomic E-state index is 0.0432. The van der Waals surface area contributed by atoms with Gasteiger partial charge in [-0.2, -0.15) is 0 Å². The molecule has 2 N–H and O–H groups in total. The molecule has 1 aromatic carbocycles. The third-order valence-corrected chi connectivity index (χ3v) is 5.23. The Kier molecular flexibility index (Phi) is 3.72. The molecule has 0 aromatic heterocycles. The normalized spacial score (nSPS) is 33.4. The standard InChI is InChI=1S/C16H20ClN3O2/c17-11-3-1-10(2-4-11)14-9-20(5-6-22-14)16(21)19-15-12-7-18-8-13(12)15/h1-4,12-15,18H,5-9H2,(H,19,21)/t12-,13+,14-,15?/m1/s1. The number of ether oxygens (including phenoxy) is 1. The summed E-state index contributed by atoms with van der Waals surface area (Å²) in [5.74, 6) is 1.27. The van der Waals surface area contributed by atoms with Crippen LogP contribution in [0.4, 0.5) is 4.79 Å². The van der Waals surface area contributed by atoms with Crippen molar-refractivity contribution in [1.82, 2.24) is 15.5 Å². The van der Waals surface area contributed by atoms with Gasteiger partial charge in [-0.25, -0.2) is 4.79 Å². The van der Waals surface area contributed by atoms with E-state index < -0.39 is 0 Å². The van der Waals surface area contributed by atoms with Crippen LogP contribution in [-0.4, -0.2) is 49.8 Å². The number of halogens is 1. The molecule has 1 aliphatic carbocycles. The fourth-order valence-electron chi connectivity index (χ4n) is 3.58. The second-order valence-corrected chi connectivity index (χ2v) is 6.75. The Hall–Kier alpha value is -1.30. The Labute approximate surface area is 135 Å². The molecule has 6 heteroatoms. The van der Waals surface area contributed by atoms with Gasteiger partial charge in [0.2, 0.25) is 0 Å². The van der Waals surface area contributed by atoms with E-state index in [1.807, 2.05) is 29.2 Å². The van der Waals surface area contributed by atoms with Gasteiger partial charge in [0.1, 0.15) is 6.10 Å². The van der Waals surface area contributed by atoms with E-state index in [1.54, 1.807) is 0 Å². The monoisotopic (exact) mass is 321 g/mol. The van der Waals surface area contributed by atoms with Gasteiger partial charge in [-0.3, -0.25) is 0 Å². The molecular weight excluding hydrogens is 302 g/mol. The number of benzene rings is 1. The smallest absolute Gasteiger partial charge is 0.317 e. The number of hydrogen-bond donors (Lipinski definition) is 2. The van der Waals surface area contributed by atoms with Crippen LogP contribution in [0.2, 0.25) is 5.02 Å². The van der Waals surface area contributed by atoms with E-state index >= 15 is 0 Å². The van der Waals surface area contributed by atoms with E-state index in [-0.39, 0.29) is 12.1 Å². The third kappa shape index (κ3) is 2.69. The molecule has 0 bridgehead atoms. The summed E-state index contributed by atoms with van der Waals surface area (Å²) in [7, 11) is 0. The lowest BCUT2D eigenvalue weighted by molar-refractivity contribution is -0.0155. The summed E-state index contributed by atoms with van der Waals surface area (Å²) in [4.78, 5) is 14.3. The number of nitrogens with zero attached hydrogens (tertiary/aromatic N) is 1. The van der Waals surface area contributed by atoms with Gasteiger partial charge in [-0.1, -0.05) is 23.7 Å². The first kappa shape index (κ1) is 14.3. The molecule has 1 saturated carbocycles. The van der Waals surface area contributed by atoms with Crippen LogP contribution in [-0.2, 0) is 4.74 Å². The van der Waals surface area contributed by atoms with Crippen LogP contribution in [0.15, 0.2) is 24.3 Å². The van der Waals surface area contributed by atoms with Gasteiger partial charge in [0.25, 0.3) is 0 Å². The highest BCUT2D eigenvalue weighted by Gasteiger charge is 2.54. The van der Waals surface area contributed by atoms with Crippen molar-refractivity contribution >= 4 is 17.6 Å². The number of morpholine rings is 1. The minimum Gasteiger partial charge on any atom is -0.370 e. The zero-order valence-electron chi connectivity index (χ0n) is 12.3. The summed E-state index contributed by atoms with van der Waals surface area (Å²) >= 11 is 5.92. The lowest BCUT2D eigenvalue weighted by atomic mass is 10.1. The Morgan fingerprint density at radius 3 is 2.73 bits per heavy atom. The molecule has 0 radical (unpaired) electrons. The number of amides is 2. The van der Waals surface area contributed by atoms with E-state index in [9.17, 15) is 4.79 Å². The molecule has 118 valence electrons. The molecular formula is C16H20ClN3O2. The maximum Gasteiger partial charge on any atom is 0.317 e. The van der Waals surface area contributed by atoms with Crippen molar-refractivity contribution in [1.29, 1.82) is 0 Å². The topological polar surface area (TPSA) is 53.6 Å². The predicted octanol–water partition coefficient (Wildman–Crippen LogP) is 1.64. The maximum absolute atomic E-state index is 12.4. The number of hydrogen-bond acceptors (Lipinski definition) is 3. The molecule has 1 unspecified atom stereocenters. The summed E-state index contributed by atoms with van der Waals surface area (Å²) in [6.07, 6.45) is -0.0721. The van der Waals surface area contributed by atoms with Crippen LogP contribution in [0.5, 0.6) is 0 Å². The molecule has 22 heavy (non-hydrogen) atoms. The summed E-state index contributed by atoms with van der Waals surface area (Å²) in [6, 6.07) is 8.05. The van der Waals surface area contributed by atoms with E-state index in [2.05, 4.69) is 10.6 Å². The van der Waals surface area contributed by atoms with Gasteiger partial charge in [-0.05, 0) is 29.5 Å². The maximum atomic E-state index is 12.4. The van der Waals surface area contributed by atoms with Gasteiger partial charge in [0, 0.05) is 30.7 Å². The molecule has 4 atom stereocenters. The number of carbonyl (C=O) groups excluding carboxylic acids is 1. The summed E-state index contributed by atoms with van der Waals surface area (Å²) in [5.41, 5.74) is 1.06. The summed E-state index contributed by atoms with van der Waals surface area (Å²) in [5, 5.41) is 7.23. The Bertz CT molecular complexity index is 555. The fourth-order valence-corrected chi connectivity index (χ4v) is 3.71. The molecule has 1 aromatic rings. The highest BCUT2D eigenvalue weighted by Crippen LogP contribution is 2.41. The first-order chi connectivity index (χ1) is 10.7. The Morgan fingerprint density at radius 2 is 2.00 bits per heavy atom. The van der Waals surface area contributed by atoms with Gasteiger partial charge in [0.15, 0.2) is 0 Å². The van der Waals surface area contributed by atoms with Crippen LogP contribution in [0.25, 0.3) is 0 Å². The lowest BCUT2D eigenvalue weighted by Crippen LogP contribution is -2.48. The SMILES string of the molecule is O=C(NC1[C@H]2CNC[C@@H]12)N1CCO[C@@H](c2ccc(Cl)cc2)C1. The molecule has 3 aliphatic rings. The number of rotatable bonds is 2. The first-order valence-corrected chi connectivity index (χ1v) is 8.23. The van der Waals surface area contributed by atoms with E-state index in [0.29, 0.717) is 42.6 Å². The lowest BCUT2D eigenvalue weighted by Gasteiger charge is -2.33. The van der Waals surface area contributed by atoms with Crippen molar-refractivity contribution < 1.29 is 9.53 Å². The predicted molar refractivity (Wildman–Crippen MR) is 83.9 cm³/mol. The second kappa shape index (κ2) is 5.72. The quantitative estimate of drug-likeness (QED) is 0.870. The van der Waals surface area contributed by atoms with Crippen molar-refractivity contribution in [3.05, 3.63) is 34.9 Å². The largest absolute Gasteiger partial charge is 0.370 e. The van der Waals surface area contributed by atoms with Crippen molar-refractivity contribution in [2.75, 3.05) is 32.8 Å². The molecule has 2 heterocycles. The molecule has 4 rings (SSSR count). The van der Waals surface area contributed by atoms with E-state index in [1.165, 1.54) is 0 Å². The number of piperidine rings is 1. The summed E-state index contributed by atoms with van der Waals surface area (Å²) in [6.45, 7) is 3.88. The van der Waals surface area contributed by atoms with Crippen molar-refractivity contribution in [3.8, 4) is 0 Å².